The number of aliphatic hydroxyl groups excluding tert-OH is 1. The lowest BCUT2D eigenvalue weighted by Gasteiger charge is -2.08. The zero-order chi connectivity index (χ0) is 5.91. The summed E-state index contributed by atoms with van der Waals surface area (Å²) >= 11 is 0. The van der Waals surface area contributed by atoms with Crippen LogP contribution in [0.25, 0.3) is 0 Å². The van der Waals surface area contributed by atoms with E-state index < -0.39 is 12.2 Å². The van der Waals surface area contributed by atoms with Gasteiger partial charge in [0.25, 0.3) is 0 Å². The number of carbonyl (C=O) groups is 1. The van der Waals surface area contributed by atoms with Crippen LogP contribution >= 0.6 is 0 Å². The van der Waals surface area contributed by atoms with Crippen LogP contribution in [0.4, 0.5) is 0 Å². The van der Waals surface area contributed by atoms with E-state index in [0.717, 1.165) is 0 Å². The van der Waals surface area contributed by atoms with E-state index >= 15 is 0 Å². The van der Waals surface area contributed by atoms with Crippen LogP contribution < -0.4 is 0 Å². The van der Waals surface area contributed by atoms with Gasteiger partial charge in [0.05, 0.1) is 6.61 Å². The first-order valence-corrected chi connectivity index (χ1v) is 1.92. The van der Waals surface area contributed by atoms with Crippen molar-refractivity contribution in [2.24, 2.45) is 0 Å². The van der Waals surface area contributed by atoms with Gasteiger partial charge in [-0.25, -0.2) is 0 Å². The molecule has 1 atom stereocenters. The fourth-order valence-corrected chi connectivity index (χ4v) is 0.0373. The van der Waals surface area contributed by atoms with Gasteiger partial charge in [-0.2, -0.15) is 0 Å². The Morgan fingerprint density at radius 1 is 1.86 bits per heavy atom. The Hall–Kier alpha value is -0.410. The Labute approximate surface area is 41.6 Å². The Kier molecular flexibility index (Phi) is 1.92. The highest BCUT2D eigenvalue weighted by atomic mass is 16.3. The Morgan fingerprint density at radius 3 is 2.29 bits per heavy atom. The molecule has 0 saturated heterocycles. The van der Waals surface area contributed by atoms with Gasteiger partial charge in [-0.3, -0.25) is 0 Å². The van der Waals surface area contributed by atoms with Crippen LogP contribution in [0.2, 0.25) is 0 Å². The summed E-state index contributed by atoms with van der Waals surface area (Å²) in [6.07, 6.45) is 0.299. The van der Waals surface area contributed by atoms with E-state index in [-0.39, 0.29) is 0 Å². The minimum atomic E-state index is -1.54. The highest BCUT2D eigenvalue weighted by Crippen LogP contribution is 1.92. The minimum absolute atomic E-state index is 0.299. The average molecular weight is 104 g/mol. The molecule has 0 aliphatic heterocycles. The molecule has 2 N–H and O–H groups in total. The highest BCUT2D eigenvalue weighted by molar-refractivity contribution is 5.61. The van der Waals surface area contributed by atoms with Gasteiger partial charge in [0.15, 0.2) is 6.29 Å². The SMILES string of the molecule is CC(O)(C=O)CO. The van der Waals surface area contributed by atoms with Crippen LogP contribution in [0.15, 0.2) is 0 Å². The molecule has 3 nitrogen and oxygen atoms in total. The fraction of sp³-hybridized carbons (Fsp3) is 0.750. The molecule has 0 aliphatic rings. The molecule has 42 valence electrons. The second-order valence-corrected chi connectivity index (χ2v) is 1.63. The molecule has 0 aromatic carbocycles. The maximum Gasteiger partial charge on any atom is 0.153 e. The Bertz CT molecular complexity index is 67.3. The van der Waals surface area contributed by atoms with Crippen molar-refractivity contribution in [2.75, 3.05) is 6.61 Å². The molecule has 0 amide bonds. The van der Waals surface area contributed by atoms with E-state index in [1.807, 2.05) is 0 Å². The van der Waals surface area contributed by atoms with E-state index in [1.54, 1.807) is 0 Å². The van der Waals surface area contributed by atoms with Crippen molar-refractivity contribution in [1.29, 1.82) is 0 Å². The summed E-state index contributed by atoms with van der Waals surface area (Å²) in [5.74, 6) is 0. The summed E-state index contributed by atoms with van der Waals surface area (Å²) in [7, 11) is 0. The van der Waals surface area contributed by atoms with Gasteiger partial charge in [0, 0.05) is 0 Å². The summed E-state index contributed by atoms with van der Waals surface area (Å²) in [5, 5.41) is 16.6. The molecule has 0 bridgehead atoms. The maximum atomic E-state index is 9.65. The topological polar surface area (TPSA) is 57.5 Å². The summed E-state index contributed by atoms with van der Waals surface area (Å²) in [5.41, 5.74) is -1.54. The fourth-order valence-electron chi connectivity index (χ4n) is 0.0373. The van der Waals surface area contributed by atoms with E-state index in [0.29, 0.717) is 6.29 Å². The molecule has 0 heterocycles. The Balaban J connectivity index is 3.58. The van der Waals surface area contributed by atoms with Gasteiger partial charge in [-0.15, -0.1) is 0 Å². The number of aliphatic hydroxyl groups is 2. The maximum absolute atomic E-state index is 9.65. The van der Waals surface area contributed by atoms with Crippen molar-refractivity contribution < 1.29 is 15.0 Å². The third kappa shape index (κ3) is 2.31. The third-order valence-corrected chi connectivity index (χ3v) is 0.574. The number of hydrogen-bond acceptors (Lipinski definition) is 3. The summed E-state index contributed by atoms with van der Waals surface area (Å²) < 4.78 is 0. The second-order valence-electron chi connectivity index (χ2n) is 1.63. The number of rotatable bonds is 2. The number of aldehydes is 1. The van der Waals surface area contributed by atoms with E-state index in [1.165, 1.54) is 6.92 Å². The third-order valence-electron chi connectivity index (χ3n) is 0.574. The second kappa shape index (κ2) is 2.04. The zero-order valence-corrected chi connectivity index (χ0v) is 4.09. The largest absolute Gasteiger partial charge is 0.393 e. The summed E-state index contributed by atoms with van der Waals surface area (Å²) in [6, 6.07) is 0. The normalized spacial score (nSPS) is 18.1. The number of carbonyl (C=O) groups excluding carboxylic acids is 1. The lowest BCUT2D eigenvalue weighted by molar-refractivity contribution is -0.125. The van der Waals surface area contributed by atoms with Crippen LogP contribution in [0.5, 0.6) is 0 Å². The molecule has 7 heavy (non-hydrogen) atoms. The van der Waals surface area contributed by atoms with Gasteiger partial charge >= 0.3 is 0 Å². The van der Waals surface area contributed by atoms with Gasteiger partial charge in [0.2, 0.25) is 0 Å². The van der Waals surface area contributed by atoms with E-state index in [2.05, 4.69) is 0 Å². The van der Waals surface area contributed by atoms with Crippen LogP contribution in [0.1, 0.15) is 6.92 Å². The molecular formula is C4H8O3. The predicted molar refractivity (Wildman–Crippen MR) is 23.8 cm³/mol. The molecule has 0 saturated carbocycles. The van der Waals surface area contributed by atoms with Crippen LogP contribution in [0.3, 0.4) is 0 Å². The summed E-state index contributed by atoms with van der Waals surface area (Å²) in [6.45, 7) is 0.719. The molecular weight excluding hydrogens is 96.0 g/mol. The van der Waals surface area contributed by atoms with Crippen LogP contribution in [0, 0.1) is 0 Å². The number of hydrogen-bond donors (Lipinski definition) is 2. The van der Waals surface area contributed by atoms with Crippen molar-refractivity contribution in [3.8, 4) is 0 Å². The molecule has 0 fully saturated rings. The minimum Gasteiger partial charge on any atom is -0.393 e. The lowest BCUT2D eigenvalue weighted by atomic mass is 10.2. The molecule has 0 rings (SSSR count). The first kappa shape index (κ1) is 6.59. The van der Waals surface area contributed by atoms with E-state index in [4.69, 9.17) is 10.2 Å². The van der Waals surface area contributed by atoms with Crippen molar-refractivity contribution in [3.63, 3.8) is 0 Å². The monoisotopic (exact) mass is 104 g/mol. The molecule has 0 aliphatic carbocycles. The quantitative estimate of drug-likeness (QED) is 0.438. The smallest absolute Gasteiger partial charge is 0.153 e. The van der Waals surface area contributed by atoms with E-state index in [9.17, 15) is 4.79 Å². The van der Waals surface area contributed by atoms with Crippen molar-refractivity contribution >= 4 is 6.29 Å². The van der Waals surface area contributed by atoms with Gasteiger partial charge < -0.3 is 15.0 Å². The molecule has 0 spiro atoms. The van der Waals surface area contributed by atoms with Crippen molar-refractivity contribution in [1.82, 2.24) is 0 Å². The molecule has 0 aromatic rings. The van der Waals surface area contributed by atoms with Crippen LogP contribution in [-0.2, 0) is 4.79 Å². The van der Waals surface area contributed by atoms with Crippen molar-refractivity contribution in [2.45, 2.75) is 12.5 Å². The predicted octanol–water partition coefficient (Wildman–Crippen LogP) is -1.07. The zero-order valence-electron chi connectivity index (χ0n) is 4.09. The van der Waals surface area contributed by atoms with Crippen molar-refractivity contribution in [3.05, 3.63) is 0 Å². The molecule has 3 heteroatoms. The van der Waals surface area contributed by atoms with Gasteiger partial charge in [0.1, 0.15) is 5.60 Å². The molecule has 1 unspecified atom stereocenters. The Morgan fingerprint density at radius 2 is 2.29 bits per heavy atom. The average Bonchev–Trinajstić information content (AvgIpc) is 1.68. The standard InChI is InChI=1S/C4H8O3/c1-4(7,2-5)3-6/h2,6-7H,3H2,1H3. The van der Waals surface area contributed by atoms with Crippen LogP contribution in [-0.4, -0.2) is 28.7 Å². The van der Waals surface area contributed by atoms with Gasteiger partial charge in [-0.05, 0) is 6.92 Å². The van der Waals surface area contributed by atoms with Gasteiger partial charge in [-0.1, -0.05) is 0 Å². The first-order chi connectivity index (χ1) is 3.12. The lowest BCUT2D eigenvalue weighted by Crippen LogP contribution is -2.30. The first-order valence-electron chi connectivity index (χ1n) is 1.92. The molecule has 0 radical (unpaired) electrons. The summed E-state index contributed by atoms with van der Waals surface area (Å²) in [4.78, 5) is 9.65. The highest BCUT2D eigenvalue weighted by Gasteiger charge is 2.15. The molecule has 0 aromatic heterocycles.